The Hall–Kier alpha value is -0.970. The van der Waals surface area contributed by atoms with E-state index in [9.17, 15) is 17.6 Å². The molecule has 0 amide bonds. The van der Waals surface area contributed by atoms with E-state index in [0.717, 1.165) is 12.1 Å². The van der Waals surface area contributed by atoms with Crippen LogP contribution >= 0.6 is 11.6 Å². The number of halogens is 5. The first-order chi connectivity index (χ1) is 6.38. The third-order valence-corrected chi connectivity index (χ3v) is 1.52. The molecule has 0 unspecified atom stereocenters. The van der Waals surface area contributed by atoms with Crippen molar-refractivity contribution in [1.29, 1.82) is 0 Å². The standard InChI is InChI=1S/C8H5ClF4O/c9-5-1-2-6(10)7(3-5)14-4-8(11,12)13/h1-3H,4H2. The van der Waals surface area contributed by atoms with Crippen molar-refractivity contribution < 1.29 is 22.3 Å². The van der Waals surface area contributed by atoms with Gasteiger partial charge in [0.05, 0.1) is 0 Å². The van der Waals surface area contributed by atoms with Crippen LogP contribution < -0.4 is 4.74 Å². The number of hydrogen-bond donors (Lipinski definition) is 0. The van der Waals surface area contributed by atoms with Gasteiger partial charge in [-0.2, -0.15) is 13.2 Å². The summed E-state index contributed by atoms with van der Waals surface area (Å²) in [6, 6.07) is 3.15. The van der Waals surface area contributed by atoms with Gasteiger partial charge in [-0.25, -0.2) is 4.39 Å². The van der Waals surface area contributed by atoms with Crippen molar-refractivity contribution in [3.8, 4) is 5.75 Å². The van der Waals surface area contributed by atoms with Crippen LogP contribution in [-0.2, 0) is 0 Å². The lowest BCUT2D eigenvalue weighted by Crippen LogP contribution is -2.19. The van der Waals surface area contributed by atoms with Crippen LogP contribution in [0.1, 0.15) is 0 Å². The van der Waals surface area contributed by atoms with Gasteiger partial charge in [0.1, 0.15) is 0 Å². The highest BCUT2D eigenvalue weighted by molar-refractivity contribution is 6.30. The maximum Gasteiger partial charge on any atom is 0.422 e. The average molecular weight is 229 g/mol. The SMILES string of the molecule is Fc1ccc(Cl)cc1OCC(F)(F)F. The third-order valence-electron chi connectivity index (χ3n) is 1.28. The molecule has 0 saturated carbocycles. The van der Waals surface area contributed by atoms with Crippen molar-refractivity contribution in [2.45, 2.75) is 6.18 Å². The van der Waals surface area contributed by atoms with Gasteiger partial charge in [-0.3, -0.25) is 0 Å². The topological polar surface area (TPSA) is 9.23 Å². The summed E-state index contributed by atoms with van der Waals surface area (Å²) in [5, 5.41) is 0.114. The highest BCUT2D eigenvalue weighted by Crippen LogP contribution is 2.24. The Morgan fingerprint density at radius 2 is 1.93 bits per heavy atom. The summed E-state index contributed by atoms with van der Waals surface area (Å²) >= 11 is 5.44. The van der Waals surface area contributed by atoms with Crippen molar-refractivity contribution in [1.82, 2.24) is 0 Å². The lowest BCUT2D eigenvalue weighted by molar-refractivity contribution is -0.153. The van der Waals surface area contributed by atoms with Crippen LogP contribution in [0.4, 0.5) is 17.6 Å². The minimum atomic E-state index is -4.49. The maximum absolute atomic E-state index is 12.8. The molecule has 0 aliphatic heterocycles. The molecule has 1 aromatic carbocycles. The molecule has 0 aromatic heterocycles. The maximum atomic E-state index is 12.8. The molecule has 1 nitrogen and oxygen atoms in total. The molecule has 78 valence electrons. The Kier molecular flexibility index (Phi) is 3.21. The predicted molar refractivity (Wildman–Crippen MR) is 43.0 cm³/mol. The fourth-order valence-electron chi connectivity index (χ4n) is 0.747. The smallest absolute Gasteiger partial charge is 0.422 e. The Morgan fingerprint density at radius 3 is 2.50 bits per heavy atom. The summed E-state index contributed by atoms with van der Waals surface area (Å²) in [5.41, 5.74) is 0. The highest BCUT2D eigenvalue weighted by Gasteiger charge is 2.28. The number of ether oxygens (including phenoxy) is 1. The molecule has 0 heterocycles. The summed E-state index contributed by atoms with van der Waals surface area (Å²) in [6.07, 6.45) is -4.49. The molecular weight excluding hydrogens is 224 g/mol. The molecular formula is C8H5ClF4O. The normalized spacial score (nSPS) is 11.5. The van der Waals surface area contributed by atoms with Crippen LogP contribution in [0.3, 0.4) is 0 Å². The van der Waals surface area contributed by atoms with Crippen molar-refractivity contribution in [3.63, 3.8) is 0 Å². The minimum absolute atomic E-state index is 0.114. The Bertz CT molecular complexity index is 324. The van der Waals surface area contributed by atoms with E-state index in [2.05, 4.69) is 4.74 Å². The van der Waals surface area contributed by atoms with Gasteiger partial charge in [-0.1, -0.05) is 11.6 Å². The van der Waals surface area contributed by atoms with Gasteiger partial charge in [-0.15, -0.1) is 0 Å². The van der Waals surface area contributed by atoms with E-state index in [1.807, 2.05) is 0 Å². The van der Waals surface area contributed by atoms with Gasteiger partial charge in [0.25, 0.3) is 0 Å². The summed E-state index contributed by atoms with van der Waals surface area (Å²) in [6.45, 7) is -1.54. The first-order valence-electron chi connectivity index (χ1n) is 3.53. The molecule has 14 heavy (non-hydrogen) atoms. The lowest BCUT2D eigenvalue weighted by atomic mass is 10.3. The molecule has 0 spiro atoms. The average Bonchev–Trinajstić information content (AvgIpc) is 2.05. The summed E-state index contributed by atoms with van der Waals surface area (Å²) in [7, 11) is 0. The lowest BCUT2D eigenvalue weighted by Gasteiger charge is -2.09. The number of hydrogen-bond acceptors (Lipinski definition) is 1. The van der Waals surface area contributed by atoms with Crippen molar-refractivity contribution in [3.05, 3.63) is 29.0 Å². The Morgan fingerprint density at radius 1 is 1.29 bits per heavy atom. The van der Waals surface area contributed by atoms with Gasteiger partial charge in [0, 0.05) is 11.1 Å². The van der Waals surface area contributed by atoms with Crippen LogP contribution in [-0.4, -0.2) is 12.8 Å². The second kappa shape index (κ2) is 4.04. The number of rotatable bonds is 2. The second-order valence-electron chi connectivity index (χ2n) is 2.48. The van der Waals surface area contributed by atoms with E-state index >= 15 is 0 Å². The molecule has 0 aliphatic carbocycles. The fourth-order valence-corrected chi connectivity index (χ4v) is 0.909. The Balaban J connectivity index is 2.72. The zero-order valence-electron chi connectivity index (χ0n) is 6.74. The van der Waals surface area contributed by atoms with Crippen LogP contribution in [0.15, 0.2) is 18.2 Å². The fraction of sp³-hybridized carbons (Fsp3) is 0.250. The van der Waals surface area contributed by atoms with E-state index < -0.39 is 24.3 Å². The summed E-state index contributed by atoms with van der Waals surface area (Å²) in [4.78, 5) is 0. The van der Waals surface area contributed by atoms with E-state index in [4.69, 9.17) is 11.6 Å². The molecule has 0 aliphatic rings. The molecule has 0 radical (unpaired) electrons. The van der Waals surface area contributed by atoms with Crippen molar-refractivity contribution in [2.75, 3.05) is 6.61 Å². The van der Waals surface area contributed by atoms with Crippen LogP contribution in [0.25, 0.3) is 0 Å². The molecule has 0 N–H and O–H groups in total. The highest BCUT2D eigenvalue weighted by atomic mass is 35.5. The zero-order valence-corrected chi connectivity index (χ0v) is 7.49. The molecule has 0 fully saturated rings. The van der Waals surface area contributed by atoms with Crippen LogP contribution in [0.2, 0.25) is 5.02 Å². The molecule has 1 rings (SSSR count). The predicted octanol–water partition coefficient (Wildman–Crippen LogP) is 3.42. The van der Waals surface area contributed by atoms with Crippen molar-refractivity contribution >= 4 is 11.6 Å². The number of alkyl halides is 3. The Labute approximate surface area is 82.2 Å². The summed E-state index contributed by atoms with van der Waals surface area (Å²) < 4.78 is 52.1. The molecule has 0 atom stereocenters. The third kappa shape index (κ3) is 3.41. The van der Waals surface area contributed by atoms with Gasteiger partial charge in [-0.05, 0) is 12.1 Å². The molecule has 0 saturated heterocycles. The van der Waals surface area contributed by atoms with E-state index in [1.165, 1.54) is 6.07 Å². The van der Waals surface area contributed by atoms with Crippen LogP contribution in [0.5, 0.6) is 5.75 Å². The zero-order chi connectivity index (χ0) is 10.8. The first-order valence-corrected chi connectivity index (χ1v) is 3.91. The van der Waals surface area contributed by atoms with Gasteiger partial charge < -0.3 is 4.74 Å². The van der Waals surface area contributed by atoms with E-state index in [0.29, 0.717) is 0 Å². The monoisotopic (exact) mass is 228 g/mol. The molecule has 0 bridgehead atoms. The molecule has 6 heteroatoms. The largest absolute Gasteiger partial charge is 0.481 e. The van der Waals surface area contributed by atoms with Gasteiger partial charge in [0.2, 0.25) is 0 Å². The molecule has 1 aromatic rings. The first kappa shape index (κ1) is 11.1. The van der Waals surface area contributed by atoms with E-state index in [1.54, 1.807) is 0 Å². The van der Waals surface area contributed by atoms with Gasteiger partial charge >= 0.3 is 6.18 Å². The van der Waals surface area contributed by atoms with Crippen LogP contribution in [0, 0.1) is 5.82 Å². The summed E-state index contributed by atoms with van der Waals surface area (Å²) in [5.74, 6) is -1.38. The minimum Gasteiger partial charge on any atom is -0.481 e. The quantitative estimate of drug-likeness (QED) is 0.705. The van der Waals surface area contributed by atoms with Gasteiger partial charge in [0.15, 0.2) is 18.2 Å². The second-order valence-corrected chi connectivity index (χ2v) is 2.92. The number of benzene rings is 1. The van der Waals surface area contributed by atoms with Crippen molar-refractivity contribution in [2.24, 2.45) is 0 Å². The van der Waals surface area contributed by atoms with E-state index in [-0.39, 0.29) is 5.02 Å².